The minimum atomic E-state index is -1.32. The van der Waals surface area contributed by atoms with Gasteiger partial charge in [-0.2, -0.15) is 0 Å². The van der Waals surface area contributed by atoms with E-state index in [1.807, 2.05) is 0 Å². The quantitative estimate of drug-likeness (QED) is 0.650. The van der Waals surface area contributed by atoms with Gasteiger partial charge in [-0.1, -0.05) is 15.9 Å². The monoisotopic (exact) mass is 220 g/mol. The topological polar surface area (TPSA) is 9.23 Å². The predicted molar refractivity (Wildman–Crippen MR) is 49.6 cm³/mol. The van der Waals surface area contributed by atoms with Gasteiger partial charge in [-0.25, -0.2) is 0 Å². The summed E-state index contributed by atoms with van der Waals surface area (Å²) in [6.07, 6.45) is 2.30. The van der Waals surface area contributed by atoms with Gasteiger partial charge in [-0.05, 0) is 26.1 Å². The first-order valence-corrected chi connectivity index (χ1v) is 7.76. The van der Waals surface area contributed by atoms with E-state index in [4.69, 9.17) is 4.43 Å². The van der Waals surface area contributed by atoms with Crippen molar-refractivity contribution in [1.29, 1.82) is 0 Å². The van der Waals surface area contributed by atoms with Crippen LogP contribution in [0, 0.1) is 0 Å². The Labute approximate surface area is 71.7 Å². The lowest BCUT2D eigenvalue weighted by atomic mass is 10.1. The molecule has 0 radical (unpaired) electrons. The van der Waals surface area contributed by atoms with Crippen LogP contribution in [0.4, 0.5) is 0 Å². The van der Waals surface area contributed by atoms with E-state index in [0.29, 0.717) is 0 Å². The third-order valence-corrected chi connectivity index (χ3v) is 3.00. The summed E-state index contributed by atoms with van der Waals surface area (Å²) >= 11 is 3.46. The van der Waals surface area contributed by atoms with Crippen LogP contribution in [0.15, 0.2) is 10.2 Å². The molecule has 0 bridgehead atoms. The zero-order chi connectivity index (χ0) is 7.78. The first-order valence-electron chi connectivity index (χ1n) is 3.55. The zero-order valence-corrected chi connectivity index (χ0v) is 9.29. The van der Waals surface area contributed by atoms with Crippen LogP contribution in [-0.2, 0) is 4.43 Å². The van der Waals surface area contributed by atoms with Gasteiger partial charge in [0.05, 0.1) is 5.76 Å². The van der Waals surface area contributed by atoms with E-state index in [9.17, 15) is 0 Å². The van der Waals surface area contributed by atoms with Gasteiger partial charge in [0.25, 0.3) is 0 Å². The first kappa shape index (κ1) is 8.33. The number of allylic oxidation sites excluding steroid dienone is 2. The Bertz CT molecular complexity index is 169. The van der Waals surface area contributed by atoms with Crippen molar-refractivity contribution in [3.05, 3.63) is 10.2 Å². The van der Waals surface area contributed by atoms with Crippen LogP contribution >= 0.6 is 15.9 Å². The van der Waals surface area contributed by atoms with Gasteiger partial charge in [0.1, 0.15) is 0 Å². The Kier molecular flexibility index (Phi) is 2.25. The van der Waals surface area contributed by atoms with Gasteiger partial charge in [0, 0.05) is 10.9 Å². The molecule has 1 rings (SSSR count). The van der Waals surface area contributed by atoms with E-state index in [-0.39, 0.29) is 0 Å². The van der Waals surface area contributed by atoms with Crippen molar-refractivity contribution >= 4 is 24.2 Å². The minimum Gasteiger partial charge on any atom is -0.547 e. The molecular formula is C7H13BrOSi. The molecule has 0 N–H and O–H groups in total. The molecule has 0 aromatic rings. The zero-order valence-electron chi connectivity index (χ0n) is 6.70. The number of rotatable bonds is 2. The molecule has 0 unspecified atom stereocenters. The lowest BCUT2D eigenvalue weighted by molar-refractivity contribution is 0.373. The van der Waals surface area contributed by atoms with Crippen molar-refractivity contribution in [2.45, 2.75) is 32.5 Å². The molecule has 0 heterocycles. The highest BCUT2D eigenvalue weighted by Gasteiger charge is 2.23. The van der Waals surface area contributed by atoms with Crippen molar-refractivity contribution in [1.82, 2.24) is 0 Å². The Morgan fingerprint density at radius 1 is 1.30 bits per heavy atom. The van der Waals surface area contributed by atoms with E-state index in [0.717, 1.165) is 6.42 Å². The normalized spacial score (nSPS) is 18.8. The lowest BCUT2D eigenvalue weighted by Gasteiger charge is -2.27. The summed E-state index contributed by atoms with van der Waals surface area (Å²) in [5.74, 6) is 1.19. The maximum atomic E-state index is 5.76. The second-order valence-corrected chi connectivity index (χ2v) is 8.93. The van der Waals surface area contributed by atoms with Crippen LogP contribution in [0.5, 0.6) is 0 Å². The standard InChI is InChI=1S/C7H13BrOSi/c1-10(2,3)9-7-5-4-6(7)8/h4-5H2,1-3H3. The predicted octanol–water partition coefficient (Wildman–Crippen LogP) is 3.24. The van der Waals surface area contributed by atoms with Crippen molar-refractivity contribution in [2.24, 2.45) is 0 Å². The highest BCUT2D eigenvalue weighted by Crippen LogP contribution is 2.34. The number of hydrogen-bond acceptors (Lipinski definition) is 1. The lowest BCUT2D eigenvalue weighted by Crippen LogP contribution is -2.26. The van der Waals surface area contributed by atoms with Crippen LogP contribution in [0.2, 0.25) is 19.6 Å². The molecule has 0 saturated carbocycles. The van der Waals surface area contributed by atoms with Gasteiger partial charge >= 0.3 is 0 Å². The van der Waals surface area contributed by atoms with Crippen molar-refractivity contribution < 1.29 is 4.43 Å². The highest BCUT2D eigenvalue weighted by molar-refractivity contribution is 9.11. The molecule has 0 spiro atoms. The molecule has 0 amide bonds. The summed E-state index contributed by atoms with van der Waals surface area (Å²) in [6, 6.07) is 0. The Morgan fingerprint density at radius 3 is 2.00 bits per heavy atom. The Hall–Kier alpha value is 0.237. The van der Waals surface area contributed by atoms with Gasteiger partial charge in [-0.3, -0.25) is 0 Å². The largest absolute Gasteiger partial charge is 0.547 e. The Morgan fingerprint density at radius 2 is 1.90 bits per heavy atom. The van der Waals surface area contributed by atoms with Crippen LogP contribution < -0.4 is 0 Å². The minimum absolute atomic E-state index is 1.13. The van der Waals surface area contributed by atoms with Crippen molar-refractivity contribution in [2.75, 3.05) is 0 Å². The number of halogens is 1. The summed E-state index contributed by atoms with van der Waals surface area (Å²) in [6.45, 7) is 6.62. The van der Waals surface area contributed by atoms with Crippen LogP contribution in [-0.4, -0.2) is 8.32 Å². The third kappa shape index (κ3) is 2.13. The van der Waals surface area contributed by atoms with Crippen LogP contribution in [0.1, 0.15) is 12.8 Å². The maximum Gasteiger partial charge on any atom is 0.241 e. The number of hydrogen-bond donors (Lipinski definition) is 0. The molecule has 1 aliphatic rings. The van der Waals surface area contributed by atoms with Crippen molar-refractivity contribution in [3.63, 3.8) is 0 Å². The molecule has 1 nitrogen and oxygen atoms in total. The van der Waals surface area contributed by atoms with Crippen molar-refractivity contribution in [3.8, 4) is 0 Å². The molecule has 3 heteroatoms. The van der Waals surface area contributed by atoms with Gasteiger partial charge in [0.2, 0.25) is 8.32 Å². The summed E-state index contributed by atoms with van der Waals surface area (Å²) < 4.78 is 7.03. The molecule has 1 aliphatic carbocycles. The molecule has 0 aromatic heterocycles. The highest BCUT2D eigenvalue weighted by atomic mass is 79.9. The van der Waals surface area contributed by atoms with Gasteiger partial charge in [0.15, 0.2) is 0 Å². The SMILES string of the molecule is C[Si](C)(C)OC1=C(Br)CC1. The summed E-state index contributed by atoms with van der Waals surface area (Å²) in [5.41, 5.74) is 0. The average molecular weight is 221 g/mol. The smallest absolute Gasteiger partial charge is 0.241 e. The van der Waals surface area contributed by atoms with E-state index < -0.39 is 8.32 Å². The fourth-order valence-electron chi connectivity index (χ4n) is 0.798. The summed E-state index contributed by atoms with van der Waals surface area (Å²) in [7, 11) is -1.32. The second kappa shape index (κ2) is 2.70. The van der Waals surface area contributed by atoms with E-state index in [1.165, 1.54) is 16.7 Å². The third-order valence-electron chi connectivity index (χ3n) is 1.30. The fourth-order valence-corrected chi connectivity index (χ4v) is 2.39. The second-order valence-electron chi connectivity index (χ2n) is 3.54. The molecule has 0 aliphatic heterocycles. The van der Waals surface area contributed by atoms with E-state index in [2.05, 4.69) is 35.6 Å². The summed E-state index contributed by atoms with van der Waals surface area (Å²) in [5, 5.41) is 0. The first-order chi connectivity index (χ1) is 4.49. The Balaban J connectivity index is 2.48. The maximum absolute atomic E-state index is 5.76. The molecular weight excluding hydrogens is 208 g/mol. The average Bonchev–Trinajstić information content (AvgIpc) is 1.78. The van der Waals surface area contributed by atoms with E-state index >= 15 is 0 Å². The molecule has 0 fully saturated rings. The molecule has 0 atom stereocenters. The van der Waals surface area contributed by atoms with Gasteiger partial charge < -0.3 is 4.43 Å². The molecule has 0 aromatic carbocycles. The van der Waals surface area contributed by atoms with E-state index in [1.54, 1.807) is 0 Å². The molecule has 10 heavy (non-hydrogen) atoms. The molecule has 0 saturated heterocycles. The fraction of sp³-hybridized carbons (Fsp3) is 0.714. The molecule has 58 valence electrons. The van der Waals surface area contributed by atoms with Gasteiger partial charge in [-0.15, -0.1) is 0 Å². The van der Waals surface area contributed by atoms with Crippen LogP contribution in [0.3, 0.4) is 0 Å². The summed E-state index contributed by atoms with van der Waals surface area (Å²) in [4.78, 5) is 0. The van der Waals surface area contributed by atoms with Crippen LogP contribution in [0.25, 0.3) is 0 Å².